The number of nitrogens with two attached hydrogens (primary N) is 1. The van der Waals surface area contributed by atoms with Gasteiger partial charge in [0.1, 0.15) is 0 Å². The van der Waals surface area contributed by atoms with Crippen LogP contribution in [0.25, 0.3) is 0 Å². The van der Waals surface area contributed by atoms with Gasteiger partial charge in [0.25, 0.3) is 0 Å². The number of rotatable bonds is 6. The van der Waals surface area contributed by atoms with Crippen molar-refractivity contribution in [2.75, 3.05) is 18.8 Å². The number of nitrogens with zero attached hydrogens (tertiary/aromatic N) is 1. The quantitative estimate of drug-likeness (QED) is 0.703. The summed E-state index contributed by atoms with van der Waals surface area (Å²) in [5.41, 5.74) is 5.47. The predicted octanol–water partition coefficient (Wildman–Crippen LogP) is -0.00580. The zero-order valence-electron chi connectivity index (χ0n) is 9.84. The highest BCUT2D eigenvalue weighted by Crippen LogP contribution is 2.23. The standard InChI is InChI=1S/C10H20N2O4S/c11-6-4-9-3-1-2-7-12(9)17(15,16)8-5-10(13)14/h9H,1-8,11H2,(H,13,14). The highest BCUT2D eigenvalue weighted by Gasteiger charge is 2.31. The van der Waals surface area contributed by atoms with Crippen LogP contribution < -0.4 is 5.73 Å². The van der Waals surface area contributed by atoms with Crippen LogP contribution in [-0.2, 0) is 14.8 Å². The van der Waals surface area contributed by atoms with Crippen LogP contribution in [0.5, 0.6) is 0 Å². The van der Waals surface area contributed by atoms with Crippen molar-refractivity contribution in [3.05, 3.63) is 0 Å². The summed E-state index contributed by atoms with van der Waals surface area (Å²) < 4.78 is 25.4. The third-order valence-electron chi connectivity index (χ3n) is 3.00. The Labute approximate surface area is 102 Å². The Bertz CT molecular complexity index is 353. The SMILES string of the molecule is NCCC1CCCCN1S(=O)(=O)CCC(=O)O. The maximum Gasteiger partial charge on any atom is 0.304 e. The summed E-state index contributed by atoms with van der Waals surface area (Å²) in [5, 5.41) is 8.54. The molecule has 0 aliphatic carbocycles. The minimum Gasteiger partial charge on any atom is -0.481 e. The van der Waals surface area contributed by atoms with Crippen LogP contribution in [-0.4, -0.2) is 48.7 Å². The molecule has 0 amide bonds. The van der Waals surface area contributed by atoms with Gasteiger partial charge in [-0.3, -0.25) is 4.79 Å². The monoisotopic (exact) mass is 264 g/mol. The summed E-state index contributed by atoms with van der Waals surface area (Å²) in [7, 11) is -3.45. The summed E-state index contributed by atoms with van der Waals surface area (Å²) in [6.07, 6.45) is 2.98. The van der Waals surface area contributed by atoms with Crippen molar-refractivity contribution in [1.29, 1.82) is 0 Å². The van der Waals surface area contributed by atoms with Crippen molar-refractivity contribution < 1.29 is 18.3 Å². The lowest BCUT2D eigenvalue weighted by Gasteiger charge is -2.34. The van der Waals surface area contributed by atoms with Gasteiger partial charge in [0, 0.05) is 12.6 Å². The smallest absolute Gasteiger partial charge is 0.304 e. The van der Waals surface area contributed by atoms with Gasteiger partial charge in [0.15, 0.2) is 0 Å². The van der Waals surface area contributed by atoms with Gasteiger partial charge >= 0.3 is 5.97 Å². The Morgan fingerprint density at radius 3 is 2.71 bits per heavy atom. The van der Waals surface area contributed by atoms with Gasteiger partial charge in [0.05, 0.1) is 12.2 Å². The molecule has 1 aliphatic rings. The Kier molecular flexibility index (Phi) is 5.35. The number of hydrogen-bond acceptors (Lipinski definition) is 4. The van der Waals surface area contributed by atoms with Crippen molar-refractivity contribution in [2.24, 2.45) is 5.73 Å². The van der Waals surface area contributed by atoms with E-state index in [0.29, 0.717) is 19.5 Å². The minimum absolute atomic E-state index is 0.0486. The molecule has 1 saturated heterocycles. The molecule has 100 valence electrons. The van der Waals surface area contributed by atoms with Crippen LogP contribution in [0.15, 0.2) is 0 Å². The van der Waals surface area contributed by atoms with Crippen molar-refractivity contribution in [3.8, 4) is 0 Å². The number of carbonyl (C=O) groups is 1. The molecule has 0 aromatic rings. The first-order valence-electron chi connectivity index (χ1n) is 5.89. The molecule has 1 rings (SSSR count). The fourth-order valence-corrected chi connectivity index (χ4v) is 3.89. The highest BCUT2D eigenvalue weighted by atomic mass is 32.2. The first-order valence-corrected chi connectivity index (χ1v) is 7.49. The lowest BCUT2D eigenvalue weighted by Crippen LogP contribution is -2.45. The number of aliphatic carboxylic acids is 1. The molecule has 6 nitrogen and oxygen atoms in total. The Hall–Kier alpha value is -0.660. The summed E-state index contributed by atoms with van der Waals surface area (Å²) in [5.74, 6) is -1.40. The largest absolute Gasteiger partial charge is 0.481 e. The van der Waals surface area contributed by atoms with Crippen molar-refractivity contribution in [3.63, 3.8) is 0 Å². The zero-order chi connectivity index (χ0) is 12.9. The van der Waals surface area contributed by atoms with Crippen molar-refractivity contribution in [2.45, 2.75) is 38.1 Å². The lowest BCUT2D eigenvalue weighted by molar-refractivity contribution is -0.136. The number of carboxylic acid groups (broad SMARTS) is 1. The molecule has 1 atom stereocenters. The van der Waals surface area contributed by atoms with E-state index in [1.165, 1.54) is 4.31 Å². The van der Waals surface area contributed by atoms with Crippen LogP contribution in [0.1, 0.15) is 32.1 Å². The van der Waals surface area contributed by atoms with Crippen LogP contribution in [0.4, 0.5) is 0 Å². The van der Waals surface area contributed by atoms with E-state index in [-0.39, 0.29) is 18.2 Å². The van der Waals surface area contributed by atoms with Gasteiger partial charge in [-0.15, -0.1) is 0 Å². The molecule has 1 aliphatic heterocycles. The van der Waals surface area contributed by atoms with E-state index >= 15 is 0 Å². The highest BCUT2D eigenvalue weighted by molar-refractivity contribution is 7.89. The summed E-state index contributed by atoms with van der Waals surface area (Å²) >= 11 is 0. The maximum atomic E-state index is 12.0. The van der Waals surface area contributed by atoms with Crippen molar-refractivity contribution >= 4 is 16.0 Å². The molecule has 3 N–H and O–H groups in total. The minimum atomic E-state index is -3.45. The predicted molar refractivity (Wildman–Crippen MR) is 64.1 cm³/mol. The second kappa shape index (κ2) is 6.32. The fraction of sp³-hybridized carbons (Fsp3) is 0.900. The molecular weight excluding hydrogens is 244 g/mol. The average Bonchev–Trinajstić information content (AvgIpc) is 2.28. The zero-order valence-corrected chi connectivity index (χ0v) is 10.7. The van der Waals surface area contributed by atoms with Crippen LogP contribution in [0.2, 0.25) is 0 Å². The molecule has 0 bridgehead atoms. The average molecular weight is 264 g/mol. The van der Waals surface area contributed by atoms with Gasteiger partial charge in [-0.2, -0.15) is 4.31 Å². The summed E-state index contributed by atoms with van der Waals surface area (Å²) in [4.78, 5) is 10.4. The topological polar surface area (TPSA) is 101 Å². The molecule has 0 aromatic heterocycles. The van der Waals surface area contributed by atoms with E-state index in [2.05, 4.69) is 0 Å². The van der Waals surface area contributed by atoms with Gasteiger partial charge < -0.3 is 10.8 Å². The Morgan fingerprint density at radius 1 is 1.41 bits per heavy atom. The van der Waals surface area contributed by atoms with E-state index in [9.17, 15) is 13.2 Å². The van der Waals surface area contributed by atoms with E-state index in [1.54, 1.807) is 0 Å². The molecule has 0 spiro atoms. The van der Waals surface area contributed by atoms with Crippen molar-refractivity contribution in [1.82, 2.24) is 4.31 Å². The number of hydrogen-bond donors (Lipinski definition) is 2. The molecular formula is C10H20N2O4S. The Balaban J connectivity index is 2.68. The van der Waals surface area contributed by atoms with E-state index in [0.717, 1.165) is 19.3 Å². The molecule has 0 radical (unpaired) electrons. The Morgan fingerprint density at radius 2 is 2.12 bits per heavy atom. The molecule has 0 aromatic carbocycles. The summed E-state index contributed by atoms with van der Waals surface area (Å²) in [6, 6.07) is -0.0486. The third-order valence-corrected chi connectivity index (χ3v) is 4.92. The van der Waals surface area contributed by atoms with Gasteiger partial charge in [-0.05, 0) is 25.8 Å². The van der Waals surface area contributed by atoms with E-state index in [4.69, 9.17) is 10.8 Å². The molecule has 1 unspecified atom stereocenters. The van der Waals surface area contributed by atoms with Crippen LogP contribution >= 0.6 is 0 Å². The fourth-order valence-electron chi connectivity index (χ4n) is 2.15. The van der Waals surface area contributed by atoms with E-state index in [1.807, 2.05) is 0 Å². The molecule has 1 heterocycles. The van der Waals surface area contributed by atoms with Gasteiger partial charge in [0.2, 0.25) is 10.0 Å². The molecule has 17 heavy (non-hydrogen) atoms. The lowest BCUT2D eigenvalue weighted by atomic mass is 10.0. The van der Waals surface area contributed by atoms with E-state index < -0.39 is 16.0 Å². The number of carboxylic acids is 1. The van der Waals surface area contributed by atoms with Crippen LogP contribution in [0, 0.1) is 0 Å². The third kappa shape index (κ3) is 4.25. The molecule has 1 fully saturated rings. The number of sulfonamides is 1. The second-order valence-corrected chi connectivity index (χ2v) is 6.34. The first kappa shape index (κ1) is 14.4. The molecule has 7 heteroatoms. The second-order valence-electron chi connectivity index (χ2n) is 4.30. The summed E-state index contributed by atoms with van der Waals surface area (Å²) in [6.45, 7) is 0.947. The molecule has 0 saturated carbocycles. The maximum absolute atomic E-state index is 12.0. The first-order chi connectivity index (χ1) is 7.97. The van der Waals surface area contributed by atoms with Crippen LogP contribution in [0.3, 0.4) is 0 Å². The van der Waals surface area contributed by atoms with Gasteiger partial charge in [-0.1, -0.05) is 6.42 Å². The van der Waals surface area contributed by atoms with Gasteiger partial charge in [-0.25, -0.2) is 8.42 Å². The normalized spacial score (nSPS) is 22.5. The number of piperidine rings is 1.